The van der Waals surface area contributed by atoms with E-state index in [1.54, 1.807) is 31.4 Å². The Morgan fingerprint density at radius 1 is 1.03 bits per heavy atom. The van der Waals surface area contributed by atoms with E-state index >= 15 is 0 Å². The third kappa shape index (κ3) is 6.45. The fourth-order valence-electron chi connectivity index (χ4n) is 2.86. The Kier molecular flexibility index (Phi) is 8.32. The third-order valence-electron chi connectivity index (χ3n) is 4.42. The van der Waals surface area contributed by atoms with Gasteiger partial charge in [-0.3, -0.25) is 4.79 Å². The van der Waals surface area contributed by atoms with Gasteiger partial charge in [0.2, 0.25) is 0 Å². The first-order valence-corrected chi connectivity index (χ1v) is 11.5. The van der Waals surface area contributed by atoms with Gasteiger partial charge in [0.1, 0.15) is 5.82 Å². The van der Waals surface area contributed by atoms with Gasteiger partial charge in [-0.1, -0.05) is 34.1 Å². The number of carbonyl (C=O) groups excluding carboxylic acids is 1. The largest absolute Gasteiger partial charge is 0.493 e. The Morgan fingerprint density at radius 3 is 2.39 bits per heavy atom. The van der Waals surface area contributed by atoms with Crippen LogP contribution in [0.4, 0.5) is 4.39 Å². The molecule has 0 unspecified atom stereocenters. The van der Waals surface area contributed by atoms with Gasteiger partial charge in [-0.25, -0.2) is 4.39 Å². The quantitative estimate of drug-likeness (QED) is 0.230. The molecule has 0 amide bonds. The molecule has 0 spiro atoms. The van der Waals surface area contributed by atoms with Gasteiger partial charge in [0.25, 0.3) is 0 Å². The molecular weight excluding hydrogens is 479 g/mol. The molecule has 160 valence electrons. The zero-order valence-electron chi connectivity index (χ0n) is 17.2. The van der Waals surface area contributed by atoms with E-state index in [0.717, 1.165) is 15.6 Å². The second-order valence-corrected chi connectivity index (χ2v) is 8.54. The highest BCUT2D eigenvalue weighted by Gasteiger charge is 2.15. The summed E-state index contributed by atoms with van der Waals surface area (Å²) in [7, 11) is 1.59. The van der Waals surface area contributed by atoms with Crippen LogP contribution in [-0.4, -0.2) is 19.5 Å². The highest BCUT2D eigenvalue weighted by molar-refractivity contribution is 9.10. The van der Waals surface area contributed by atoms with Crippen molar-refractivity contribution in [2.45, 2.75) is 12.7 Å². The lowest BCUT2D eigenvalue weighted by Crippen LogP contribution is -2.02. The predicted octanol–water partition coefficient (Wildman–Crippen LogP) is 7.15. The van der Waals surface area contributed by atoms with E-state index in [1.807, 2.05) is 43.3 Å². The van der Waals surface area contributed by atoms with Crippen LogP contribution >= 0.6 is 27.7 Å². The lowest BCUT2D eigenvalue weighted by molar-refractivity contribution is 0.104. The summed E-state index contributed by atoms with van der Waals surface area (Å²) >= 11 is 4.82. The van der Waals surface area contributed by atoms with Gasteiger partial charge < -0.3 is 9.47 Å². The van der Waals surface area contributed by atoms with Gasteiger partial charge in [-0.2, -0.15) is 0 Å². The van der Waals surface area contributed by atoms with E-state index in [1.165, 1.54) is 23.9 Å². The van der Waals surface area contributed by atoms with Crippen LogP contribution in [0.2, 0.25) is 0 Å². The molecule has 0 aliphatic carbocycles. The topological polar surface area (TPSA) is 35.5 Å². The second-order valence-electron chi connectivity index (χ2n) is 6.60. The van der Waals surface area contributed by atoms with Crippen molar-refractivity contribution in [2.75, 3.05) is 13.7 Å². The third-order valence-corrected chi connectivity index (χ3v) is 6.04. The number of halogens is 2. The molecule has 0 saturated heterocycles. The first-order chi connectivity index (χ1) is 15.0. The molecule has 0 aromatic heterocycles. The summed E-state index contributed by atoms with van der Waals surface area (Å²) in [6.45, 7) is 2.45. The maximum absolute atomic E-state index is 13.2. The van der Waals surface area contributed by atoms with E-state index in [2.05, 4.69) is 15.9 Å². The van der Waals surface area contributed by atoms with Crippen LogP contribution in [0, 0.1) is 5.82 Å². The number of methoxy groups -OCH3 is 1. The fourth-order valence-corrected chi connectivity index (χ4v) is 4.11. The molecule has 0 aliphatic heterocycles. The number of rotatable bonds is 9. The summed E-state index contributed by atoms with van der Waals surface area (Å²) < 4.78 is 25.1. The Morgan fingerprint density at radius 2 is 1.74 bits per heavy atom. The van der Waals surface area contributed by atoms with Crippen molar-refractivity contribution in [3.05, 3.63) is 98.6 Å². The molecule has 31 heavy (non-hydrogen) atoms. The number of carbonyl (C=O) groups is 1. The minimum Gasteiger partial charge on any atom is -0.493 e. The van der Waals surface area contributed by atoms with Crippen molar-refractivity contribution in [2.24, 2.45) is 0 Å². The fraction of sp³-hybridized carbons (Fsp3) is 0.160. The number of benzene rings is 3. The lowest BCUT2D eigenvalue weighted by Gasteiger charge is -2.11. The molecular formula is C25H22BrFO3S. The number of Topliss-reactive ketones (excluding diaryl/α,β-unsaturated/α-hetero) is 1. The highest BCUT2D eigenvalue weighted by atomic mass is 79.9. The van der Waals surface area contributed by atoms with E-state index in [4.69, 9.17) is 9.47 Å². The molecule has 0 atom stereocenters. The second kappa shape index (κ2) is 11.2. The van der Waals surface area contributed by atoms with Crippen LogP contribution in [0.15, 0.2) is 76.1 Å². The first kappa shape index (κ1) is 23.1. The molecule has 6 heteroatoms. The number of hydrogen-bond donors (Lipinski definition) is 0. The summed E-state index contributed by atoms with van der Waals surface area (Å²) in [5.41, 5.74) is 2.36. The molecule has 0 saturated carbocycles. The number of hydrogen-bond acceptors (Lipinski definition) is 4. The van der Waals surface area contributed by atoms with Crippen molar-refractivity contribution in [3.63, 3.8) is 0 Å². The zero-order valence-corrected chi connectivity index (χ0v) is 19.6. The van der Waals surface area contributed by atoms with Crippen molar-refractivity contribution in [1.82, 2.24) is 0 Å². The lowest BCUT2D eigenvalue weighted by atomic mass is 10.1. The monoisotopic (exact) mass is 500 g/mol. The number of ketones is 1. The molecule has 3 aromatic carbocycles. The Balaban J connectivity index is 1.92. The van der Waals surface area contributed by atoms with Gasteiger partial charge in [0, 0.05) is 15.8 Å². The number of ether oxygens (including phenoxy) is 2. The number of allylic oxidation sites excluding steroid dienone is 1. The average molecular weight is 501 g/mol. The Labute approximate surface area is 194 Å². The molecule has 0 aliphatic rings. The van der Waals surface area contributed by atoms with Gasteiger partial charge in [-0.05, 0) is 72.7 Å². The van der Waals surface area contributed by atoms with Crippen LogP contribution in [0.3, 0.4) is 0 Å². The summed E-state index contributed by atoms with van der Waals surface area (Å²) in [4.78, 5) is 13.8. The number of thioether (sulfide) groups is 1. The molecule has 0 fully saturated rings. The van der Waals surface area contributed by atoms with Crippen molar-refractivity contribution in [3.8, 4) is 11.5 Å². The Bertz CT molecular complexity index is 1060. The molecule has 3 nitrogen and oxygen atoms in total. The van der Waals surface area contributed by atoms with Crippen molar-refractivity contribution in [1.29, 1.82) is 0 Å². The molecule has 0 heterocycles. The summed E-state index contributed by atoms with van der Waals surface area (Å²) in [6, 6.07) is 19.1. The van der Waals surface area contributed by atoms with Crippen LogP contribution in [-0.2, 0) is 5.75 Å². The van der Waals surface area contributed by atoms with Crippen molar-refractivity contribution >= 4 is 39.6 Å². The van der Waals surface area contributed by atoms with E-state index in [0.29, 0.717) is 34.3 Å². The van der Waals surface area contributed by atoms with Crippen LogP contribution < -0.4 is 9.47 Å². The van der Waals surface area contributed by atoms with Gasteiger partial charge in [-0.15, -0.1) is 11.8 Å². The van der Waals surface area contributed by atoms with Crippen LogP contribution in [0.1, 0.15) is 28.4 Å². The summed E-state index contributed by atoms with van der Waals surface area (Å²) in [5.74, 6) is 1.45. The van der Waals surface area contributed by atoms with E-state index < -0.39 is 0 Å². The van der Waals surface area contributed by atoms with E-state index in [9.17, 15) is 9.18 Å². The van der Waals surface area contributed by atoms with E-state index in [-0.39, 0.29) is 11.6 Å². The zero-order chi connectivity index (χ0) is 22.2. The minimum atomic E-state index is -0.281. The highest BCUT2D eigenvalue weighted by Crippen LogP contribution is 2.32. The minimum absolute atomic E-state index is 0.0764. The molecule has 0 N–H and O–H groups in total. The van der Waals surface area contributed by atoms with Crippen LogP contribution in [0.5, 0.6) is 11.5 Å². The molecule has 0 radical (unpaired) electrons. The van der Waals surface area contributed by atoms with Gasteiger partial charge in [0.05, 0.1) is 18.6 Å². The predicted molar refractivity (Wildman–Crippen MR) is 128 cm³/mol. The average Bonchev–Trinajstić information content (AvgIpc) is 2.78. The normalized spacial score (nSPS) is 11.3. The first-order valence-electron chi connectivity index (χ1n) is 9.70. The summed E-state index contributed by atoms with van der Waals surface area (Å²) in [6.07, 6.45) is 1.84. The standard InChI is InChI=1S/C25H22BrFO3S/c1-3-30-22-13-6-18(14-23(22)29-2)15-24(25(28)19-7-9-20(26)10-8-19)31-16-17-4-11-21(27)12-5-17/h4-15H,3,16H2,1-2H3/b24-15+. The molecule has 0 bridgehead atoms. The van der Waals surface area contributed by atoms with Crippen LogP contribution in [0.25, 0.3) is 6.08 Å². The SMILES string of the molecule is CCOc1ccc(/C=C(/SCc2ccc(F)cc2)C(=O)c2ccc(Br)cc2)cc1OC. The smallest absolute Gasteiger partial charge is 0.199 e. The summed E-state index contributed by atoms with van der Waals surface area (Å²) in [5, 5.41) is 0. The molecule has 3 aromatic rings. The maximum atomic E-state index is 13.2. The van der Waals surface area contributed by atoms with Gasteiger partial charge in [0.15, 0.2) is 17.3 Å². The maximum Gasteiger partial charge on any atom is 0.199 e. The Hall–Kier alpha value is -2.57. The van der Waals surface area contributed by atoms with Crippen molar-refractivity contribution < 1.29 is 18.7 Å². The van der Waals surface area contributed by atoms with Gasteiger partial charge >= 0.3 is 0 Å². The molecule has 3 rings (SSSR count).